The zero-order chi connectivity index (χ0) is 14.7. The van der Waals surface area contributed by atoms with Crippen LogP contribution in [0.4, 0.5) is 0 Å². The van der Waals surface area contributed by atoms with Gasteiger partial charge >= 0.3 is 0 Å². The minimum atomic E-state index is -0.136. The Balaban J connectivity index is 2.10. The van der Waals surface area contributed by atoms with E-state index in [1.54, 1.807) is 0 Å². The molecule has 106 valence electrons. The molecule has 0 bridgehead atoms. The Morgan fingerprint density at radius 2 is 1.57 bits per heavy atom. The number of aromatic nitrogens is 3. The number of para-hydroxylation sites is 1. The smallest absolute Gasteiger partial charge is 0.163 e. The first-order chi connectivity index (χ1) is 10.3. The van der Waals surface area contributed by atoms with E-state index in [2.05, 4.69) is 29.3 Å². The van der Waals surface area contributed by atoms with Gasteiger partial charge in [-0.1, -0.05) is 55.5 Å². The summed E-state index contributed by atoms with van der Waals surface area (Å²) in [4.78, 5) is 0. The van der Waals surface area contributed by atoms with Crippen LogP contribution in [-0.4, -0.2) is 19.9 Å². The van der Waals surface area contributed by atoms with E-state index in [1.165, 1.54) is 5.56 Å². The van der Waals surface area contributed by atoms with E-state index in [-0.39, 0.29) is 12.5 Å². The molecule has 0 aliphatic heterocycles. The SMILES string of the molecule is CC(c1ccccc1)c1nnc(CO)n1-c1ccccc1. The third-order valence-electron chi connectivity index (χ3n) is 3.60. The summed E-state index contributed by atoms with van der Waals surface area (Å²) in [5.41, 5.74) is 2.14. The van der Waals surface area contributed by atoms with Gasteiger partial charge in [0.2, 0.25) is 0 Å². The van der Waals surface area contributed by atoms with E-state index in [0.29, 0.717) is 5.82 Å². The van der Waals surface area contributed by atoms with E-state index >= 15 is 0 Å². The largest absolute Gasteiger partial charge is 0.388 e. The number of aliphatic hydroxyl groups excluding tert-OH is 1. The summed E-state index contributed by atoms with van der Waals surface area (Å²) in [5.74, 6) is 1.48. The second-order valence-electron chi connectivity index (χ2n) is 4.94. The summed E-state index contributed by atoms with van der Waals surface area (Å²) in [7, 11) is 0. The second-order valence-corrected chi connectivity index (χ2v) is 4.94. The summed E-state index contributed by atoms with van der Waals surface area (Å²) >= 11 is 0. The first-order valence-corrected chi connectivity index (χ1v) is 6.96. The fourth-order valence-electron chi connectivity index (χ4n) is 2.46. The molecule has 0 fully saturated rings. The predicted octanol–water partition coefficient (Wildman–Crippen LogP) is 2.91. The third kappa shape index (κ3) is 2.58. The highest BCUT2D eigenvalue weighted by Crippen LogP contribution is 2.25. The molecule has 21 heavy (non-hydrogen) atoms. The number of hydrogen-bond donors (Lipinski definition) is 1. The van der Waals surface area contributed by atoms with E-state index < -0.39 is 0 Å². The molecular formula is C17H17N3O. The number of nitrogens with zero attached hydrogens (tertiary/aromatic N) is 3. The van der Waals surface area contributed by atoms with Crippen LogP contribution in [0.25, 0.3) is 5.69 Å². The van der Waals surface area contributed by atoms with Crippen molar-refractivity contribution in [2.45, 2.75) is 19.4 Å². The van der Waals surface area contributed by atoms with E-state index in [9.17, 15) is 5.11 Å². The third-order valence-corrected chi connectivity index (χ3v) is 3.60. The van der Waals surface area contributed by atoms with Crippen LogP contribution in [0.1, 0.15) is 30.1 Å². The predicted molar refractivity (Wildman–Crippen MR) is 81.2 cm³/mol. The van der Waals surface area contributed by atoms with Crippen molar-refractivity contribution in [2.24, 2.45) is 0 Å². The lowest BCUT2D eigenvalue weighted by atomic mass is 10.0. The molecule has 3 aromatic rings. The Morgan fingerprint density at radius 1 is 0.952 bits per heavy atom. The molecule has 0 amide bonds. The maximum atomic E-state index is 9.52. The molecule has 1 unspecified atom stereocenters. The maximum Gasteiger partial charge on any atom is 0.163 e. The van der Waals surface area contributed by atoms with Crippen molar-refractivity contribution < 1.29 is 5.11 Å². The molecule has 3 rings (SSSR count). The van der Waals surface area contributed by atoms with Gasteiger partial charge in [-0.2, -0.15) is 0 Å². The lowest BCUT2D eigenvalue weighted by molar-refractivity contribution is 0.268. The molecular weight excluding hydrogens is 262 g/mol. The van der Waals surface area contributed by atoms with Crippen molar-refractivity contribution >= 4 is 0 Å². The maximum absolute atomic E-state index is 9.52. The van der Waals surface area contributed by atoms with E-state index in [4.69, 9.17) is 0 Å². The standard InChI is InChI=1S/C17H17N3O/c1-13(14-8-4-2-5-9-14)17-19-18-16(12-21)20(17)15-10-6-3-7-11-15/h2-11,13,21H,12H2,1H3. The fraction of sp³-hybridized carbons (Fsp3) is 0.176. The lowest BCUT2D eigenvalue weighted by Crippen LogP contribution is -2.09. The van der Waals surface area contributed by atoms with Crippen LogP contribution in [0.5, 0.6) is 0 Å². The van der Waals surface area contributed by atoms with Crippen molar-refractivity contribution in [1.29, 1.82) is 0 Å². The molecule has 4 nitrogen and oxygen atoms in total. The van der Waals surface area contributed by atoms with Crippen molar-refractivity contribution in [3.8, 4) is 5.69 Å². The summed E-state index contributed by atoms with van der Waals surface area (Å²) in [5, 5.41) is 17.9. The van der Waals surface area contributed by atoms with Gasteiger partial charge in [0.25, 0.3) is 0 Å². The van der Waals surface area contributed by atoms with Crippen LogP contribution in [0.15, 0.2) is 60.7 Å². The summed E-state index contributed by atoms with van der Waals surface area (Å²) in [6, 6.07) is 20.1. The highest BCUT2D eigenvalue weighted by molar-refractivity contribution is 5.36. The average molecular weight is 279 g/mol. The summed E-state index contributed by atoms with van der Waals surface area (Å²) in [6.07, 6.45) is 0. The number of rotatable bonds is 4. The molecule has 0 spiro atoms. The molecule has 1 aromatic heterocycles. The fourth-order valence-corrected chi connectivity index (χ4v) is 2.46. The molecule has 1 heterocycles. The van der Waals surface area contributed by atoms with Gasteiger partial charge < -0.3 is 5.11 Å². The van der Waals surface area contributed by atoms with Gasteiger partial charge in [-0.3, -0.25) is 4.57 Å². The molecule has 0 saturated carbocycles. The Kier molecular flexibility index (Phi) is 3.79. The van der Waals surface area contributed by atoms with Crippen molar-refractivity contribution in [3.05, 3.63) is 77.9 Å². The first-order valence-electron chi connectivity index (χ1n) is 6.96. The molecule has 0 aliphatic rings. The summed E-state index contributed by atoms with van der Waals surface area (Å²) in [6.45, 7) is 1.96. The Morgan fingerprint density at radius 3 is 2.19 bits per heavy atom. The number of hydrogen-bond acceptors (Lipinski definition) is 3. The van der Waals surface area contributed by atoms with Gasteiger partial charge in [0, 0.05) is 11.6 Å². The van der Waals surface area contributed by atoms with E-state index in [0.717, 1.165) is 11.5 Å². The molecule has 0 saturated heterocycles. The van der Waals surface area contributed by atoms with E-state index in [1.807, 2.05) is 53.1 Å². The highest BCUT2D eigenvalue weighted by Gasteiger charge is 2.19. The van der Waals surface area contributed by atoms with Crippen molar-refractivity contribution in [3.63, 3.8) is 0 Å². The second kappa shape index (κ2) is 5.89. The van der Waals surface area contributed by atoms with Crippen molar-refractivity contribution in [2.75, 3.05) is 0 Å². The Labute approximate surface area is 123 Å². The molecule has 0 aliphatic carbocycles. The molecule has 1 atom stereocenters. The zero-order valence-corrected chi connectivity index (χ0v) is 11.8. The van der Waals surface area contributed by atoms with Crippen LogP contribution >= 0.6 is 0 Å². The summed E-state index contributed by atoms with van der Waals surface area (Å²) < 4.78 is 1.93. The quantitative estimate of drug-likeness (QED) is 0.799. The molecule has 0 radical (unpaired) electrons. The van der Waals surface area contributed by atoms with Crippen molar-refractivity contribution in [1.82, 2.24) is 14.8 Å². The number of benzene rings is 2. The topological polar surface area (TPSA) is 50.9 Å². The molecule has 2 aromatic carbocycles. The van der Waals surface area contributed by atoms with Crippen LogP contribution < -0.4 is 0 Å². The van der Waals surface area contributed by atoms with Crippen LogP contribution in [-0.2, 0) is 6.61 Å². The zero-order valence-electron chi connectivity index (χ0n) is 11.8. The minimum Gasteiger partial charge on any atom is -0.388 e. The van der Waals surface area contributed by atoms with Crippen LogP contribution in [0.3, 0.4) is 0 Å². The van der Waals surface area contributed by atoms with Gasteiger partial charge in [0.1, 0.15) is 12.4 Å². The van der Waals surface area contributed by atoms with Gasteiger partial charge in [-0.15, -0.1) is 10.2 Å². The monoisotopic (exact) mass is 279 g/mol. The lowest BCUT2D eigenvalue weighted by Gasteiger charge is -2.14. The minimum absolute atomic E-state index is 0.0965. The van der Waals surface area contributed by atoms with Gasteiger partial charge in [0.15, 0.2) is 5.82 Å². The Hall–Kier alpha value is -2.46. The van der Waals surface area contributed by atoms with Crippen LogP contribution in [0, 0.1) is 0 Å². The normalized spacial score (nSPS) is 12.3. The van der Waals surface area contributed by atoms with Gasteiger partial charge in [0.05, 0.1) is 0 Å². The first kappa shape index (κ1) is 13.5. The Bertz CT molecular complexity index is 707. The molecule has 4 heteroatoms. The average Bonchev–Trinajstić information content (AvgIpc) is 2.99. The van der Waals surface area contributed by atoms with Crippen LogP contribution in [0.2, 0.25) is 0 Å². The molecule has 1 N–H and O–H groups in total. The van der Waals surface area contributed by atoms with Gasteiger partial charge in [-0.05, 0) is 17.7 Å². The van der Waals surface area contributed by atoms with Gasteiger partial charge in [-0.25, -0.2) is 0 Å². The highest BCUT2D eigenvalue weighted by atomic mass is 16.3. The number of aliphatic hydroxyl groups is 1.